The van der Waals surface area contributed by atoms with Crippen molar-refractivity contribution in [3.05, 3.63) is 75.5 Å². The molecule has 1 atom stereocenters. The van der Waals surface area contributed by atoms with E-state index in [1.807, 2.05) is 23.1 Å². The first kappa shape index (κ1) is 15.4. The van der Waals surface area contributed by atoms with Gasteiger partial charge in [-0.2, -0.15) is 0 Å². The quantitative estimate of drug-likeness (QED) is 0.574. The van der Waals surface area contributed by atoms with E-state index in [1.165, 1.54) is 23.1 Å². The molecule has 0 aliphatic carbocycles. The van der Waals surface area contributed by atoms with Gasteiger partial charge in [-0.15, -0.1) is 0 Å². The highest BCUT2D eigenvalue weighted by Gasteiger charge is 2.33. The third kappa shape index (κ3) is 2.46. The molecule has 126 valence electrons. The number of para-hydroxylation sites is 1. The van der Waals surface area contributed by atoms with Crippen molar-refractivity contribution in [1.29, 1.82) is 0 Å². The van der Waals surface area contributed by atoms with Crippen LogP contribution in [-0.2, 0) is 11.2 Å². The second-order valence-corrected chi connectivity index (χ2v) is 6.28. The number of H-pyrrole nitrogens is 1. The van der Waals surface area contributed by atoms with E-state index in [0.717, 1.165) is 23.2 Å². The summed E-state index contributed by atoms with van der Waals surface area (Å²) in [5, 5.41) is 12.1. The number of carbonyl (C=O) groups excluding carboxylic acids is 1. The number of fused-ring (bicyclic) bond motifs is 3. The van der Waals surface area contributed by atoms with Crippen LogP contribution < -0.4 is 0 Å². The molecule has 0 unspecified atom stereocenters. The Morgan fingerprint density at radius 2 is 1.92 bits per heavy atom. The van der Waals surface area contributed by atoms with E-state index < -0.39 is 4.92 Å². The third-order valence-corrected chi connectivity index (χ3v) is 4.86. The van der Waals surface area contributed by atoms with Crippen molar-refractivity contribution in [2.24, 2.45) is 0 Å². The maximum absolute atomic E-state index is 12.2. The summed E-state index contributed by atoms with van der Waals surface area (Å²) in [7, 11) is 0. The molecule has 3 aromatic rings. The monoisotopic (exact) mass is 335 g/mol. The Labute approximate surface area is 144 Å². The minimum atomic E-state index is -0.415. The van der Waals surface area contributed by atoms with Crippen molar-refractivity contribution in [3.63, 3.8) is 0 Å². The lowest BCUT2D eigenvalue weighted by Gasteiger charge is -2.35. The Hall–Kier alpha value is -3.15. The average molecular weight is 335 g/mol. The highest BCUT2D eigenvalue weighted by molar-refractivity contribution is 5.86. The van der Waals surface area contributed by atoms with Crippen molar-refractivity contribution in [2.75, 3.05) is 6.54 Å². The molecule has 6 nitrogen and oxygen atoms in total. The second-order valence-electron chi connectivity index (χ2n) is 6.28. The summed E-state index contributed by atoms with van der Waals surface area (Å²) >= 11 is 0. The summed E-state index contributed by atoms with van der Waals surface area (Å²) in [5.41, 5.74) is 4.18. The van der Waals surface area contributed by atoms with Gasteiger partial charge in [0.2, 0.25) is 5.91 Å². The van der Waals surface area contributed by atoms with Crippen LogP contribution in [0.15, 0.2) is 48.5 Å². The maximum atomic E-state index is 12.2. The van der Waals surface area contributed by atoms with Gasteiger partial charge in [-0.25, -0.2) is 0 Å². The van der Waals surface area contributed by atoms with Gasteiger partial charge < -0.3 is 9.88 Å². The first-order chi connectivity index (χ1) is 12.1. The molecule has 0 spiro atoms. The Balaban J connectivity index is 1.88. The number of nitrogens with one attached hydrogen (secondary N) is 1. The van der Waals surface area contributed by atoms with Crippen LogP contribution in [0.25, 0.3) is 10.9 Å². The number of aromatic nitrogens is 1. The lowest BCUT2D eigenvalue weighted by molar-refractivity contribution is -0.384. The summed E-state index contributed by atoms with van der Waals surface area (Å²) in [6, 6.07) is 14.3. The van der Waals surface area contributed by atoms with Crippen molar-refractivity contribution in [1.82, 2.24) is 9.88 Å². The molecule has 6 heteroatoms. The number of benzene rings is 2. The fourth-order valence-corrected chi connectivity index (χ4v) is 3.71. The van der Waals surface area contributed by atoms with Gasteiger partial charge in [0.25, 0.3) is 5.69 Å². The second kappa shape index (κ2) is 5.73. The Morgan fingerprint density at radius 3 is 2.60 bits per heavy atom. The summed E-state index contributed by atoms with van der Waals surface area (Å²) in [6.45, 7) is 2.19. The number of nitro groups is 1. The van der Waals surface area contributed by atoms with Crippen LogP contribution in [0.5, 0.6) is 0 Å². The number of hydrogen-bond donors (Lipinski definition) is 1. The van der Waals surface area contributed by atoms with Crippen LogP contribution in [-0.4, -0.2) is 27.3 Å². The number of nitro benzene ring substituents is 1. The van der Waals surface area contributed by atoms with Crippen molar-refractivity contribution in [3.8, 4) is 0 Å². The van der Waals surface area contributed by atoms with Gasteiger partial charge in [0.15, 0.2) is 0 Å². The van der Waals surface area contributed by atoms with Gasteiger partial charge >= 0.3 is 0 Å². The molecule has 0 fully saturated rings. The highest BCUT2D eigenvalue weighted by atomic mass is 16.6. The molecule has 4 rings (SSSR count). The summed E-state index contributed by atoms with van der Waals surface area (Å²) in [4.78, 5) is 28.0. The number of nitrogens with zero attached hydrogens (tertiary/aromatic N) is 2. The molecule has 1 aliphatic heterocycles. The smallest absolute Gasteiger partial charge is 0.269 e. The molecule has 1 aromatic heterocycles. The fourth-order valence-electron chi connectivity index (χ4n) is 3.71. The number of hydrogen-bond acceptors (Lipinski definition) is 3. The number of carbonyl (C=O) groups is 1. The van der Waals surface area contributed by atoms with Crippen molar-refractivity contribution >= 4 is 22.5 Å². The Morgan fingerprint density at radius 1 is 1.20 bits per heavy atom. The molecule has 1 amide bonds. The van der Waals surface area contributed by atoms with E-state index in [9.17, 15) is 14.9 Å². The number of non-ortho nitro benzene ring substituents is 1. The summed E-state index contributed by atoms with van der Waals surface area (Å²) in [6.07, 6.45) is 0.794. The molecule has 2 aromatic carbocycles. The van der Waals surface area contributed by atoms with E-state index in [4.69, 9.17) is 0 Å². The predicted octanol–water partition coefficient (Wildman–Crippen LogP) is 3.57. The molecular formula is C19H17N3O3. The molecule has 0 saturated carbocycles. The summed E-state index contributed by atoms with van der Waals surface area (Å²) in [5.74, 6) is -0.00680. The largest absolute Gasteiger partial charge is 0.356 e. The molecule has 0 bridgehead atoms. The van der Waals surface area contributed by atoms with Crippen LogP contribution in [0, 0.1) is 10.1 Å². The van der Waals surface area contributed by atoms with Crippen molar-refractivity contribution < 1.29 is 9.72 Å². The van der Waals surface area contributed by atoms with Gasteiger partial charge in [-0.05, 0) is 35.7 Å². The fraction of sp³-hybridized carbons (Fsp3) is 0.211. The van der Waals surface area contributed by atoms with E-state index in [1.54, 1.807) is 19.1 Å². The minimum Gasteiger partial charge on any atom is -0.356 e. The Kier molecular flexibility index (Phi) is 3.53. The average Bonchev–Trinajstić information content (AvgIpc) is 2.99. The van der Waals surface area contributed by atoms with E-state index >= 15 is 0 Å². The third-order valence-electron chi connectivity index (χ3n) is 4.86. The van der Waals surface area contributed by atoms with Gasteiger partial charge in [0, 0.05) is 42.2 Å². The van der Waals surface area contributed by atoms with Crippen molar-refractivity contribution in [2.45, 2.75) is 19.4 Å². The van der Waals surface area contributed by atoms with Gasteiger partial charge in [0.1, 0.15) is 0 Å². The van der Waals surface area contributed by atoms with Crippen LogP contribution >= 0.6 is 0 Å². The van der Waals surface area contributed by atoms with Gasteiger partial charge in [0.05, 0.1) is 11.0 Å². The first-order valence-corrected chi connectivity index (χ1v) is 8.17. The number of amides is 1. The standard InChI is InChI=1S/C19H17N3O3/c1-12(23)21-11-10-16-15-4-2-3-5-17(15)20-18(16)19(21)13-6-8-14(9-7-13)22(24)25/h2-9,19-20H,10-11H2,1H3/t19-/m1/s1. The molecular weight excluding hydrogens is 318 g/mol. The van der Waals surface area contributed by atoms with E-state index in [2.05, 4.69) is 11.1 Å². The van der Waals surface area contributed by atoms with Gasteiger partial charge in [-0.3, -0.25) is 14.9 Å². The van der Waals surface area contributed by atoms with Crippen LogP contribution in [0.4, 0.5) is 5.69 Å². The molecule has 1 N–H and O–H groups in total. The van der Waals surface area contributed by atoms with Crippen LogP contribution in [0.3, 0.4) is 0 Å². The van der Waals surface area contributed by atoms with E-state index in [-0.39, 0.29) is 17.6 Å². The zero-order valence-corrected chi connectivity index (χ0v) is 13.7. The Bertz CT molecular complexity index is 975. The minimum absolute atomic E-state index is 0.00680. The van der Waals surface area contributed by atoms with Crippen LogP contribution in [0.1, 0.15) is 29.8 Å². The predicted molar refractivity (Wildman–Crippen MR) is 94.3 cm³/mol. The lowest BCUT2D eigenvalue weighted by atomic mass is 9.92. The molecule has 1 aliphatic rings. The van der Waals surface area contributed by atoms with Crippen LogP contribution in [0.2, 0.25) is 0 Å². The normalized spacial score (nSPS) is 16.7. The first-order valence-electron chi connectivity index (χ1n) is 8.17. The number of rotatable bonds is 2. The topological polar surface area (TPSA) is 79.2 Å². The summed E-state index contributed by atoms with van der Waals surface area (Å²) < 4.78 is 0. The molecule has 0 radical (unpaired) electrons. The zero-order chi connectivity index (χ0) is 17.6. The molecule has 2 heterocycles. The lowest BCUT2D eigenvalue weighted by Crippen LogP contribution is -2.39. The van der Waals surface area contributed by atoms with E-state index in [0.29, 0.717) is 6.54 Å². The highest BCUT2D eigenvalue weighted by Crippen LogP contribution is 2.38. The maximum Gasteiger partial charge on any atom is 0.269 e. The SMILES string of the molecule is CC(=O)N1CCc2c([nH]c3ccccc23)[C@H]1c1ccc([N+](=O)[O-])cc1. The molecule has 25 heavy (non-hydrogen) atoms. The number of aromatic amines is 1. The zero-order valence-electron chi connectivity index (χ0n) is 13.7. The van der Waals surface area contributed by atoms with Gasteiger partial charge in [-0.1, -0.05) is 18.2 Å². The molecule has 0 saturated heterocycles.